The van der Waals surface area contributed by atoms with Gasteiger partial charge in [-0.3, -0.25) is 0 Å². The molecule has 0 atom stereocenters. The summed E-state index contributed by atoms with van der Waals surface area (Å²) >= 11 is 0. The Morgan fingerprint density at radius 2 is 1.63 bits per heavy atom. The number of rotatable bonds is 6. The van der Waals surface area contributed by atoms with E-state index in [4.69, 9.17) is 14.0 Å². The molecule has 1 aliphatic heterocycles. The fourth-order valence-electron chi connectivity index (χ4n) is 1.59. The Morgan fingerprint density at radius 1 is 1.11 bits per heavy atom. The third-order valence-corrected chi connectivity index (χ3v) is 3.40. The van der Waals surface area contributed by atoms with Crippen LogP contribution >= 0.6 is 0 Å². The Kier molecular flexibility index (Phi) is 5.59. The predicted molar refractivity (Wildman–Crippen MR) is 80.0 cm³/mol. The molecule has 0 aromatic heterocycles. The molecule has 19 heavy (non-hydrogen) atoms. The topological polar surface area (TPSA) is 27.7 Å². The van der Waals surface area contributed by atoms with E-state index in [-0.39, 0.29) is 18.3 Å². The average molecular weight is 264 g/mol. The average Bonchev–Trinajstić information content (AvgIpc) is 2.45. The van der Waals surface area contributed by atoms with E-state index in [1.54, 1.807) is 0 Å². The summed E-state index contributed by atoms with van der Waals surface area (Å²) in [5.74, 6) is 1.90. The van der Waals surface area contributed by atoms with Crippen LogP contribution in [0.5, 0.6) is 0 Å². The highest BCUT2D eigenvalue weighted by Crippen LogP contribution is 2.36. The zero-order valence-electron chi connectivity index (χ0n) is 12.7. The molecule has 106 valence electrons. The first-order chi connectivity index (χ1) is 8.74. The summed E-state index contributed by atoms with van der Waals surface area (Å²) in [5, 5.41) is 0. The molecule has 0 bridgehead atoms. The van der Waals surface area contributed by atoms with Gasteiger partial charge in [-0.05, 0) is 34.6 Å². The van der Waals surface area contributed by atoms with Crippen molar-refractivity contribution in [3.8, 4) is 0 Å². The molecule has 0 amide bonds. The number of allylic oxidation sites excluding steroid dienone is 2. The molecule has 0 N–H and O–H groups in total. The van der Waals surface area contributed by atoms with Crippen LogP contribution in [0.15, 0.2) is 36.4 Å². The molecule has 0 radical (unpaired) electrons. The lowest BCUT2D eigenvalue weighted by molar-refractivity contribution is 0.00578. The summed E-state index contributed by atoms with van der Waals surface area (Å²) in [5.41, 5.74) is 0.455. The van der Waals surface area contributed by atoms with Gasteiger partial charge in [0.05, 0.1) is 24.4 Å². The first-order valence-electron chi connectivity index (χ1n) is 6.67. The van der Waals surface area contributed by atoms with Gasteiger partial charge in [0, 0.05) is 0 Å². The molecule has 0 saturated carbocycles. The zero-order chi connectivity index (χ0) is 14.5. The van der Waals surface area contributed by atoms with Crippen molar-refractivity contribution in [1.29, 1.82) is 0 Å². The first-order valence-corrected chi connectivity index (χ1v) is 6.67. The third-order valence-electron chi connectivity index (χ3n) is 3.40. The second-order valence-corrected chi connectivity index (χ2v) is 5.84. The monoisotopic (exact) mass is 264 g/mol. The lowest BCUT2D eigenvalue weighted by atomic mass is 9.90. The molecule has 1 fully saturated rings. The van der Waals surface area contributed by atoms with Crippen molar-refractivity contribution in [2.75, 3.05) is 13.2 Å². The second-order valence-electron chi connectivity index (χ2n) is 5.84. The van der Waals surface area contributed by atoms with Gasteiger partial charge in [-0.2, -0.15) is 0 Å². The van der Waals surface area contributed by atoms with Crippen LogP contribution in [0.25, 0.3) is 0 Å². The summed E-state index contributed by atoms with van der Waals surface area (Å²) in [4.78, 5) is 0. The highest BCUT2D eigenvalue weighted by atomic mass is 16.7. The Labute approximate surface area is 117 Å². The third kappa shape index (κ3) is 4.98. The standard InChI is InChI=1S/C15H25BO3/c1-13(2)9-7-11-17-12-8-10-16-18-14(3,4)15(5,6)19-16/h7-10H,1,11-12H2,2-6H3/b9-7+,10-8+. The van der Waals surface area contributed by atoms with E-state index < -0.39 is 0 Å². The maximum atomic E-state index is 5.83. The van der Waals surface area contributed by atoms with Crippen molar-refractivity contribution in [3.05, 3.63) is 36.4 Å². The van der Waals surface area contributed by atoms with Gasteiger partial charge in [-0.25, -0.2) is 0 Å². The molecular weight excluding hydrogens is 239 g/mol. The number of hydrogen-bond donors (Lipinski definition) is 0. The normalized spacial score (nSPS) is 21.6. The fraction of sp³-hybridized carbons (Fsp3) is 0.600. The molecule has 1 saturated heterocycles. The van der Waals surface area contributed by atoms with Crippen LogP contribution in [0.4, 0.5) is 0 Å². The van der Waals surface area contributed by atoms with E-state index in [0.717, 1.165) is 5.57 Å². The van der Waals surface area contributed by atoms with Gasteiger partial charge < -0.3 is 14.0 Å². The van der Waals surface area contributed by atoms with Gasteiger partial charge in [-0.1, -0.05) is 36.4 Å². The van der Waals surface area contributed by atoms with Crippen molar-refractivity contribution >= 4 is 7.12 Å². The summed E-state index contributed by atoms with van der Waals surface area (Å²) in [6, 6.07) is 0. The first kappa shape index (κ1) is 16.2. The Balaban J connectivity index is 2.26. The minimum absolute atomic E-state index is 0.285. The Hall–Kier alpha value is -0.835. The molecule has 0 aromatic carbocycles. The van der Waals surface area contributed by atoms with Crippen LogP contribution in [0.2, 0.25) is 0 Å². The molecular formula is C15H25BO3. The van der Waals surface area contributed by atoms with Crippen LogP contribution in [0.1, 0.15) is 34.6 Å². The SMILES string of the molecule is C=C(C)/C=C/COC/C=C/B1OC(C)(C)C(C)(C)O1. The molecule has 1 heterocycles. The van der Waals surface area contributed by atoms with Crippen molar-refractivity contribution in [2.24, 2.45) is 0 Å². The predicted octanol–water partition coefficient (Wildman–Crippen LogP) is 3.32. The van der Waals surface area contributed by atoms with Gasteiger partial charge >= 0.3 is 7.12 Å². The van der Waals surface area contributed by atoms with Crippen molar-refractivity contribution in [2.45, 2.75) is 45.8 Å². The van der Waals surface area contributed by atoms with Gasteiger partial charge in [0.25, 0.3) is 0 Å². The van der Waals surface area contributed by atoms with E-state index in [1.165, 1.54) is 0 Å². The van der Waals surface area contributed by atoms with Crippen LogP contribution < -0.4 is 0 Å². The van der Waals surface area contributed by atoms with Gasteiger partial charge in [0.2, 0.25) is 0 Å². The van der Waals surface area contributed by atoms with Crippen molar-refractivity contribution in [1.82, 2.24) is 0 Å². The van der Waals surface area contributed by atoms with E-state index >= 15 is 0 Å². The Morgan fingerprint density at radius 3 is 2.16 bits per heavy atom. The zero-order valence-corrected chi connectivity index (χ0v) is 12.7. The van der Waals surface area contributed by atoms with Crippen molar-refractivity contribution < 1.29 is 14.0 Å². The highest BCUT2D eigenvalue weighted by Gasteiger charge is 2.49. The minimum atomic E-state index is -0.292. The molecule has 4 heteroatoms. The maximum Gasteiger partial charge on any atom is 0.486 e. The van der Waals surface area contributed by atoms with Gasteiger partial charge in [0.15, 0.2) is 0 Å². The summed E-state index contributed by atoms with van der Waals surface area (Å²) in [6.45, 7) is 15.0. The van der Waals surface area contributed by atoms with E-state index in [0.29, 0.717) is 13.2 Å². The smallest absolute Gasteiger partial charge is 0.400 e. The lowest BCUT2D eigenvalue weighted by Gasteiger charge is -2.32. The van der Waals surface area contributed by atoms with Crippen LogP contribution in [0, 0.1) is 0 Å². The molecule has 1 rings (SSSR count). The van der Waals surface area contributed by atoms with E-state index in [9.17, 15) is 0 Å². The maximum absolute atomic E-state index is 5.83. The number of hydrogen-bond acceptors (Lipinski definition) is 3. The number of ether oxygens (including phenoxy) is 1. The van der Waals surface area contributed by atoms with Crippen LogP contribution in [-0.4, -0.2) is 31.5 Å². The minimum Gasteiger partial charge on any atom is -0.400 e. The lowest BCUT2D eigenvalue weighted by Crippen LogP contribution is -2.41. The highest BCUT2D eigenvalue weighted by molar-refractivity contribution is 6.51. The second kappa shape index (κ2) is 6.55. The molecule has 1 aliphatic rings. The van der Waals surface area contributed by atoms with Crippen LogP contribution in [0.3, 0.4) is 0 Å². The van der Waals surface area contributed by atoms with Crippen LogP contribution in [-0.2, 0) is 14.0 Å². The summed E-state index contributed by atoms with van der Waals surface area (Å²) < 4.78 is 17.1. The van der Waals surface area contributed by atoms with E-state index in [1.807, 2.05) is 58.8 Å². The van der Waals surface area contributed by atoms with E-state index in [2.05, 4.69) is 6.58 Å². The molecule has 0 unspecified atom stereocenters. The quantitative estimate of drug-likeness (QED) is 0.418. The van der Waals surface area contributed by atoms with Gasteiger partial charge in [-0.15, -0.1) is 0 Å². The fourth-order valence-corrected chi connectivity index (χ4v) is 1.59. The summed E-state index contributed by atoms with van der Waals surface area (Å²) in [6.07, 6.45) is 5.82. The largest absolute Gasteiger partial charge is 0.486 e. The Bertz CT molecular complexity index is 354. The summed E-state index contributed by atoms with van der Waals surface area (Å²) in [7, 11) is -0.292. The molecule has 0 aromatic rings. The van der Waals surface area contributed by atoms with Crippen molar-refractivity contribution in [3.63, 3.8) is 0 Å². The molecule has 0 aliphatic carbocycles. The molecule has 0 spiro atoms. The molecule has 3 nitrogen and oxygen atoms in total. The van der Waals surface area contributed by atoms with Gasteiger partial charge in [0.1, 0.15) is 0 Å².